The fraction of sp³-hybridized carbons (Fsp3) is 0.353. The quantitative estimate of drug-likeness (QED) is 0.835. The van der Waals surface area contributed by atoms with Crippen molar-refractivity contribution in [1.29, 1.82) is 0 Å². The molecule has 1 aliphatic rings. The minimum absolute atomic E-state index is 0.0807. The third kappa shape index (κ3) is 3.02. The van der Waals surface area contributed by atoms with Crippen molar-refractivity contribution in [1.82, 2.24) is 4.98 Å². The summed E-state index contributed by atoms with van der Waals surface area (Å²) in [6, 6.07) is 0. The number of hydrogen-bond acceptors (Lipinski definition) is 2. The molecule has 2 rings (SSSR count). The van der Waals surface area contributed by atoms with Crippen LogP contribution < -0.4 is 10.6 Å². The van der Waals surface area contributed by atoms with Crippen molar-refractivity contribution >= 4 is 12.2 Å². The van der Waals surface area contributed by atoms with Crippen LogP contribution in [0.4, 0.5) is 0 Å². The van der Waals surface area contributed by atoms with Crippen LogP contribution in [0.25, 0.3) is 12.2 Å². The fourth-order valence-electron chi connectivity index (χ4n) is 2.49. The molecule has 0 saturated heterocycles. The Hall–Kier alpha value is -1.67. The Labute approximate surface area is 114 Å². The van der Waals surface area contributed by atoms with Gasteiger partial charge in [-0.25, -0.2) is 0 Å². The van der Waals surface area contributed by atoms with E-state index in [9.17, 15) is 5.11 Å². The van der Waals surface area contributed by atoms with Gasteiger partial charge in [0.05, 0.1) is 12.0 Å². The average molecular weight is 255 g/mol. The van der Waals surface area contributed by atoms with E-state index in [2.05, 4.69) is 29.3 Å². The van der Waals surface area contributed by atoms with Gasteiger partial charge in [-0.2, -0.15) is 0 Å². The molecule has 0 aliphatic heterocycles. The maximum atomic E-state index is 9.69. The van der Waals surface area contributed by atoms with E-state index in [4.69, 9.17) is 0 Å². The van der Waals surface area contributed by atoms with Crippen LogP contribution in [0, 0.1) is 0 Å². The summed E-state index contributed by atoms with van der Waals surface area (Å²) < 4.78 is 0. The van der Waals surface area contributed by atoms with Crippen molar-refractivity contribution in [3.63, 3.8) is 0 Å². The average Bonchev–Trinajstić information content (AvgIpc) is 2.46. The van der Waals surface area contributed by atoms with E-state index in [-0.39, 0.29) is 6.61 Å². The summed E-state index contributed by atoms with van der Waals surface area (Å²) >= 11 is 0. The zero-order chi connectivity index (χ0) is 13.7. The Bertz CT molecular complexity index is 623. The number of aliphatic hydroxyl groups is 1. The molecule has 0 atom stereocenters. The fourth-order valence-corrected chi connectivity index (χ4v) is 2.49. The van der Waals surface area contributed by atoms with E-state index in [0.29, 0.717) is 0 Å². The second-order valence-corrected chi connectivity index (χ2v) is 4.74. The number of pyridine rings is 1. The van der Waals surface area contributed by atoms with Crippen LogP contribution in [0.3, 0.4) is 0 Å². The van der Waals surface area contributed by atoms with Crippen LogP contribution >= 0.6 is 0 Å². The topological polar surface area (TPSA) is 33.1 Å². The van der Waals surface area contributed by atoms with Crippen LogP contribution in [-0.4, -0.2) is 10.1 Å². The first kappa shape index (κ1) is 13.8. The maximum absolute atomic E-state index is 9.69. The minimum atomic E-state index is 0.0807. The van der Waals surface area contributed by atoms with Gasteiger partial charge in [0.25, 0.3) is 0 Å². The standard InChI is InChI=1S/C17H21NO/c1-3-7-13(4-2)10-14-11-18-17-9-6-5-8-15(17)16(14)12-19/h3-4,7-9,11,19H,5-6,10,12H2,1-2H3/b7-3-,13-4+. The zero-order valence-corrected chi connectivity index (χ0v) is 11.7. The Morgan fingerprint density at radius 1 is 1.32 bits per heavy atom. The maximum Gasteiger partial charge on any atom is 0.0691 e. The lowest BCUT2D eigenvalue weighted by Gasteiger charge is -2.11. The monoisotopic (exact) mass is 255 g/mol. The van der Waals surface area contributed by atoms with Gasteiger partial charge in [-0.05, 0) is 49.8 Å². The van der Waals surface area contributed by atoms with Crippen LogP contribution in [0.5, 0.6) is 0 Å². The number of hydrogen-bond donors (Lipinski definition) is 1. The Morgan fingerprint density at radius 3 is 2.79 bits per heavy atom. The van der Waals surface area contributed by atoms with E-state index < -0.39 is 0 Å². The van der Waals surface area contributed by atoms with Crippen molar-refractivity contribution in [2.45, 2.75) is 39.7 Å². The molecule has 1 heterocycles. The lowest BCUT2D eigenvalue weighted by Crippen LogP contribution is -2.34. The van der Waals surface area contributed by atoms with E-state index >= 15 is 0 Å². The van der Waals surface area contributed by atoms with Gasteiger partial charge in [0.2, 0.25) is 0 Å². The summed E-state index contributed by atoms with van der Waals surface area (Å²) in [6.45, 7) is 4.14. The van der Waals surface area contributed by atoms with Crippen molar-refractivity contribution in [3.05, 3.63) is 51.7 Å². The number of fused-ring (bicyclic) bond motifs is 1. The molecule has 0 spiro atoms. The van der Waals surface area contributed by atoms with Gasteiger partial charge in [0.1, 0.15) is 0 Å². The lowest BCUT2D eigenvalue weighted by atomic mass is 9.98. The molecular formula is C17H21NO. The molecule has 0 bridgehead atoms. The molecule has 1 aromatic heterocycles. The Morgan fingerprint density at radius 2 is 2.11 bits per heavy atom. The molecule has 19 heavy (non-hydrogen) atoms. The lowest BCUT2D eigenvalue weighted by molar-refractivity contribution is 0.279. The highest BCUT2D eigenvalue weighted by Gasteiger charge is 2.08. The molecule has 0 saturated carbocycles. The predicted molar refractivity (Wildman–Crippen MR) is 79.8 cm³/mol. The molecule has 2 heteroatoms. The summed E-state index contributed by atoms with van der Waals surface area (Å²) in [5.41, 5.74) is 3.41. The normalized spacial score (nSPS) is 15.0. The van der Waals surface area contributed by atoms with Crippen molar-refractivity contribution < 1.29 is 5.11 Å². The van der Waals surface area contributed by atoms with E-state index in [0.717, 1.165) is 41.0 Å². The molecule has 1 N–H and O–H groups in total. The number of rotatable bonds is 4. The highest BCUT2D eigenvalue weighted by Crippen LogP contribution is 2.11. The van der Waals surface area contributed by atoms with Crippen molar-refractivity contribution in [2.75, 3.05) is 0 Å². The van der Waals surface area contributed by atoms with E-state index in [1.807, 2.05) is 26.1 Å². The van der Waals surface area contributed by atoms with Gasteiger partial charge < -0.3 is 5.11 Å². The number of nitrogens with zero attached hydrogens (tertiary/aromatic N) is 1. The Balaban J connectivity index is 2.48. The zero-order valence-electron chi connectivity index (χ0n) is 11.7. The molecule has 0 fully saturated rings. The van der Waals surface area contributed by atoms with Gasteiger partial charge >= 0.3 is 0 Å². The first-order chi connectivity index (χ1) is 9.30. The first-order valence-electron chi connectivity index (χ1n) is 6.86. The summed E-state index contributed by atoms with van der Waals surface area (Å²) in [6.07, 6.45) is 15.4. The summed E-state index contributed by atoms with van der Waals surface area (Å²) in [5.74, 6) is 0. The molecule has 0 amide bonds. The van der Waals surface area contributed by atoms with Crippen LogP contribution in [0.2, 0.25) is 0 Å². The molecule has 0 radical (unpaired) electrons. The van der Waals surface area contributed by atoms with E-state index in [1.165, 1.54) is 5.57 Å². The highest BCUT2D eigenvalue weighted by atomic mass is 16.3. The number of aliphatic hydroxyl groups excluding tert-OH is 1. The molecule has 2 nitrogen and oxygen atoms in total. The SMILES string of the molecule is C/C=C\C(=C/C)Cc1cnc2c(c1CO)=CCCC=2. The second kappa shape index (κ2) is 6.48. The van der Waals surface area contributed by atoms with Gasteiger partial charge in [-0.3, -0.25) is 4.98 Å². The van der Waals surface area contributed by atoms with Crippen LogP contribution in [-0.2, 0) is 13.0 Å². The molecular weight excluding hydrogens is 234 g/mol. The molecule has 0 aromatic carbocycles. The summed E-state index contributed by atoms with van der Waals surface area (Å²) in [5, 5.41) is 11.8. The number of allylic oxidation sites excluding steroid dienone is 4. The smallest absolute Gasteiger partial charge is 0.0691 e. The van der Waals surface area contributed by atoms with Crippen molar-refractivity contribution in [2.24, 2.45) is 0 Å². The molecule has 100 valence electrons. The minimum Gasteiger partial charge on any atom is -0.392 e. The van der Waals surface area contributed by atoms with Gasteiger partial charge in [0, 0.05) is 11.4 Å². The second-order valence-electron chi connectivity index (χ2n) is 4.74. The van der Waals surface area contributed by atoms with Gasteiger partial charge in [0.15, 0.2) is 0 Å². The van der Waals surface area contributed by atoms with Gasteiger partial charge in [-0.15, -0.1) is 0 Å². The van der Waals surface area contributed by atoms with E-state index in [1.54, 1.807) is 0 Å². The van der Waals surface area contributed by atoms with Crippen molar-refractivity contribution in [3.8, 4) is 0 Å². The first-order valence-corrected chi connectivity index (χ1v) is 6.86. The van der Waals surface area contributed by atoms with Gasteiger partial charge in [-0.1, -0.05) is 30.4 Å². The third-order valence-electron chi connectivity index (χ3n) is 3.51. The summed E-state index contributed by atoms with van der Waals surface area (Å²) in [7, 11) is 0. The Kier molecular flexibility index (Phi) is 4.69. The molecule has 0 unspecified atom stereocenters. The van der Waals surface area contributed by atoms with Crippen LogP contribution in [0.15, 0.2) is 30.0 Å². The third-order valence-corrected chi connectivity index (χ3v) is 3.51. The highest BCUT2D eigenvalue weighted by molar-refractivity contribution is 5.42. The largest absolute Gasteiger partial charge is 0.392 e. The molecule has 1 aliphatic carbocycles. The summed E-state index contributed by atoms with van der Waals surface area (Å²) in [4.78, 5) is 4.53. The molecule has 1 aromatic rings. The van der Waals surface area contributed by atoms with Crippen LogP contribution in [0.1, 0.15) is 37.8 Å². The predicted octanol–water partition coefficient (Wildman–Crippen LogP) is 1.99. The number of aromatic nitrogens is 1.